The van der Waals surface area contributed by atoms with Crippen molar-refractivity contribution in [3.8, 4) is 10.4 Å². The number of thiophene rings is 1. The van der Waals surface area contributed by atoms with E-state index in [-0.39, 0.29) is 17.5 Å². The molecule has 0 aliphatic carbocycles. The maximum absolute atomic E-state index is 12.8. The maximum Gasteiger partial charge on any atom is 0.254 e. The lowest BCUT2D eigenvalue weighted by atomic mass is 10.1. The van der Waals surface area contributed by atoms with Crippen LogP contribution < -0.4 is 20.9 Å². The summed E-state index contributed by atoms with van der Waals surface area (Å²) in [5.41, 5.74) is 2.10. The molecule has 3 aromatic heterocycles. The normalized spacial score (nSPS) is 11.2. The second-order valence-corrected chi connectivity index (χ2v) is 8.55. The molecule has 3 rings (SSSR count). The van der Waals surface area contributed by atoms with Gasteiger partial charge in [-0.15, -0.1) is 11.3 Å². The number of anilines is 1. The van der Waals surface area contributed by atoms with Gasteiger partial charge in [-0.1, -0.05) is 11.9 Å². The van der Waals surface area contributed by atoms with Crippen LogP contribution in [-0.2, 0) is 0 Å². The molecule has 0 aliphatic rings. The van der Waals surface area contributed by atoms with Crippen LogP contribution in [0.2, 0.25) is 0 Å². The molecule has 0 unspecified atom stereocenters. The number of hydrogen-bond acceptors (Lipinski definition) is 7. The van der Waals surface area contributed by atoms with Crippen molar-refractivity contribution in [2.24, 2.45) is 0 Å². The topological polar surface area (TPSA) is 98.9 Å². The van der Waals surface area contributed by atoms with Crippen molar-refractivity contribution in [3.05, 3.63) is 46.5 Å². The van der Waals surface area contributed by atoms with Gasteiger partial charge in [0, 0.05) is 53.4 Å². The Balaban J connectivity index is 1.92. The fourth-order valence-corrected chi connectivity index (χ4v) is 4.23. The molecule has 3 heterocycles. The van der Waals surface area contributed by atoms with Gasteiger partial charge in [-0.3, -0.25) is 14.3 Å². The second-order valence-electron chi connectivity index (χ2n) is 6.82. The van der Waals surface area contributed by atoms with E-state index >= 15 is 0 Å². The van der Waals surface area contributed by atoms with Gasteiger partial charge in [-0.25, -0.2) is 4.98 Å². The Bertz CT molecular complexity index is 1020. The largest absolute Gasteiger partial charge is 0.382 e. The van der Waals surface area contributed by atoms with Gasteiger partial charge in [0.25, 0.3) is 5.91 Å². The molecule has 0 saturated heterocycles. The summed E-state index contributed by atoms with van der Waals surface area (Å²) in [6.45, 7) is 5.51. The molecule has 3 aromatic rings. The number of fused-ring (bicyclic) bond motifs is 1. The molecule has 0 saturated carbocycles. The van der Waals surface area contributed by atoms with Crippen LogP contribution in [0.15, 0.2) is 35.4 Å². The van der Waals surface area contributed by atoms with E-state index in [0.29, 0.717) is 12.1 Å². The summed E-state index contributed by atoms with van der Waals surface area (Å²) in [7, 11) is 0. The molecule has 1 amide bonds. The summed E-state index contributed by atoms with van der Waals surface area (Å²) in [4.78, 5) is 33.2. The summed E-state index contributed by atoms with van der Waals surface area (Å²) in [6.07, 6.45) is 6.16. The van der Waals surface area contributed by atoms with Crippen LogP contribution in [0.5, 0.6) is 0 Å². The predicted octanol–water partition coefficient (Wildman–Crippen LogP) is 3.46. The van der Waals surface area contributed by atoms with Crippen molar-refractivity contribution in [1.82, 2.24) is 20.0 Å². The third-order valence-electron chi connectivity index (χ3n) is 4.19. The van der Waals surface area contributed by atoms with Crippen LogP contribution in [0.3, 0.4) is 0 Å². The zero-order chi connectivity index (χ0) is 20.8. The molecule has 4 N–H and O–H groups in total. The summed E-state index contributed by atoms with van der Waals surface area (Å²) in [5, 5.41) is 7.29. The number of carbonyl (C=O) groups is 1. The number of nitrogens with one attached hydrogen (secondary N) is 4. The Morgan fingerprint density at radius 3 is 2.83 bits per heavy atom. The van der Waals surface area contributed by atoms with Gasteiger partial charge in [-0.2, -0.15) is 0 Å². The number of rotatable bonds is 9. The fraction of sp³-hybridized carbons (Fsp3) is 0.350. The zero-order valence-corrected chi connectivity index (χ0v) is 18.3. The van der Waals surface area contributed by atoms with Gasteiger partial charge in [0.05, 0.1) is 11.3 Å². The molecule has 0 spiro atoms. The number of carbonyl (C=O) groups excluding carboxylic acids is 1. The van der Waals surface area contributed by atoms with E-state index < -0.39 is 0 Å². The number of amides is 1. The highest BCUT2D eigenvalue weighted by Crippen LogP contribution is 2.37. The average molecular weight is 432 g/mol. The van der Waals surface area contributed by atoms with Gasteiger partial charge < -0.3 is 15.6 Å². The van der Waals surface area contributed by atoms with E-state index in [0.717, 1.165) is 39.3 Å². The minimum atomic E-state index is -0.137. The Morgan fingerprint density at radius 1 is 1.31 bits per heavy atom. The Morgan fingerprint density at radius 2 is 2.14 bits per heavy atom. The van der Waals surface area contributed by atoms with Gasteiger partial charge in [0.2, 0.25) is 5.56 Å². The quantitative estimate of drug-likeness (QED) is 0.306. The minimum absolute atomic E-state index is 0.136. The van der Waals surface area contributed by atoms with E-state index in [1.165, 1.54) is 17.4 Å². The van der Waals surface area contributed by atoms with Crippen LogP contribution in [0, 0.1) is 0 Å². The van der Waals surface area contributed by atoms with E-state index in [9.17, 15) is 9.59 Å². The van der Waals surface area contributed by atoms with Crippen LogP contribution in [0.4, 0.5) is 5.69 Å². The van der Waals surface area contributed by atoms with E-state index in [1.54, 1.807) is 30.4 Å². The molecular weight excluding hydrogens is 406 g/mol. The van der Waals surface area contributed by atoms with E-state index in [2.05, 4.69) is 25.3 Å². The lowest BCUT2D eigenvalue weighted by Crippen LogP contribution is -2.27. The minimum Gasteiger partial charge on any atom is -0.382 e. The molecule has 0 aromatic carbocycles. The highest BCUT2D eigenvalue weighted by molar-refractivity contribution is 7.96. The highest BCUT2D eigenvalue weighted by Gasteiger charge is 2.18. The van der Waals surface area contributed by atoms with Crippen LogP contribution in [0.1, 0.15) is 30.6 Å². The maximum atomic E-state index is 12.8. The lowest BCUT2D eigenvalue weighted by Gasteiger charge is -2.15. The Labute approximate surface area is 177 Å². The summed E-state index contributed by atoms with van der Waals surface area (Å²) in [6, 6.07) is 5.47. The number of pyridine rings is 2. The van der Waals surface area contributed by atoms with Gasteiger partial charge in [-0.05, 0) is 38.7 Å². The van der Waals surface area contributed by atoms with Gasteiger partial charge in [0.15, 0.2) is 0 Å². The first kappa shape index (κ1) is 21.4. The van der Waals surface area contributed by atoms with Crippen molar-refractivity contribution in [3.63, 3.8) is 0 Å². The summed E-state index contributed by atoms with van der Waals surface area (Å²) in [5.74, 6) is -0.136. The Kier molecular flexibility index (Phi) is 7.29. The number of nitrogens with zero attached hydrogens (tertiary/aromatic N) is 1. The molecule has 0 bridgehead atoms. The van der Waals surface area contributed by atoms with Crippen molar-refractivity contribution in [2.45, 2.75) is 26.3 Å². The van der Waals surface area contributed by atoms with Crippen molar-refractivity contribution < 1.29 is 4.79 Å². The molecular formula is C20H25N5O2S2. The Hall–Kier alpha value is -2.36. The molecule has 7 nitrogen and oxygen atoms in total. The molecule has 29 heavy (non-hydrogen) atoms. The van der Waals surface area contributed by atoms with Crippen molar-refractivity contribution in [1.29, 1.82) is 0 Å². The summed E-state index contributed by atoms with van der Waals surface area (Å²) >= 11 is 3.10. The first-order valence-electron chi connectivity index (χ1n) is 9.42. The van der Waals surface area contributed by atoms with Crippen molar-refractivity contribution in [2.75, 3.05) is 24.7 Å². The van der Waals surface area contributed by atoms with Crippen LogP contribution >= 0.6 is 23.3 Å². The SMILES string of the molecule is CSNCCCNC(=O)c1cnc2sc(-c3ccc(=O)[nH]c3)cc2c1NC(C)C. The van der Waals surface area contributed by atoms with Crippen LogP contribution in [-0.4, -0.2) is 41.3 Å². The third-order valence-corrected chi connectivity index (χ3v) is 5.78. The molecule has 9 heteroatoms. The van der Waals surface area contributed by atoms with E-state index in [4.69, 9.17) is 0 Å². The number of hydrogen-bond donors (Lipinski definition) is 4. The van der Waals surface area contributed by atoms with Crippen LogP contribution in [0.25, 0.3) is 20.7 Å². The smallest absolute Gasteiger partial charge is 0.254 e. The molecule has 0 fully saturated rings. The lowest BCUT2D eigenvalue weighted by molar-refractivity contribution is 0.0954. The molecule has 0 aliphatic heterocycles. The van der Waals surface area contributed by atoms with Crippen molar-refractivity contribution >= 4 is 45.1 Å². The van der Waals surface area contributed by atoms with E-state index in [1.807, 2.05) is 26.2 Å². The second kappa shape index (κ2) is 9.91. The number of H-pyrrole nitrogens is 1. The highest BCUT2D eigenvalue weighted by atomic mass is 32.2. The molecule has 154 valence electrons. The first-order valence-corrected chi connectivity index (χ1v) is 11.5. The third kappa shape index (κ3) is 5.37. The monoisotopic (exact) mass is 431 g/mol. The first-order chi connectivity index (χ1) is 14.0. The average Bonchev–Trinajstić information content (AvgIpc) is 3.13. The number of aromatic nitrogens is 2. The molecule has 0 atom stereocenters. The zero-order valence-electron chi connectivity index (χ0n) is 16.7. The van der Waals surface area contributed by atoms with Gasteiger partial charge in [0.1, 0.15) is 4.83 Å². The number of aromatic amines is 1. The summed E-state index contributed by atoms with van der Waals surface area (Å²) < 4.78 is 3.17. The molecule has 0 radical (unpaired) electrons. The standard InChI is InChI=1S/C20H25N5O2S2/c1-12(2)25-18-14-9-16(13-5-6-17(26)22-10-13)29-20(14)23-11-15(18)19(27)21-7-4-8-24-28-3/h5-6,9-12,24H,4,7-8H2,1-3H3,(H,21,27)(H,22,26)(H,23,25). The fourth-order valence-electron chi connectivity index (χ4n) is 2.87. The predicted molar refractivity (Wildman–Crippen MR) is 123 cm³/mol. The van der Waals surface area contributed by atoms with Gasteiger partial charge >= 0.3 is 0 Å².